The van der Waals surface area contributed by atoms with Crippen LogP contribution in [0.4, 0.5) is 15.8 Å². The number of hydrogen-bond donors (Lipinski definition) is 2. The van der Waals surface area contributed by atoms with Crippen LogP contribution in [0.2, 0.25) is 0 Å². The number of halogens is 1. The van der Waals surface area contributed by atoms with Gasteiger partial charge in [-0.25, -0.2) is 0 Å². The summed E-state index contributed by atoms with van der Waals surface area (Å²) in [7, 11) is 0. The highest BCUT2D eigenvalue weighted by Crippen LogP contribution is 2.28. The molecule has 0 amide bonds. The van der Waals surface area contributed by atoms with E-state index >= 15 is 0 Å². The summed E-state index contributed by atoms with van der Waals surface area (Å²) in [6.07, 6.45) is 2.35. The van der Waals surface area contributed by atoms with Crippen molar-refractivity contribution in [3.8, 4) is 0 Å². The molecule has 0 aromatic heterocycles. The molecule has 0 aliphatic carbocycles. The van der Waals surface area contributed by atoms with Crippen molar-refractivity contribution in [2.75, 3.05) is 23.9 Å². The fourth-order valence-corrected chi connectivity index (χ4v) is 2.24. The Kier molecular flexibility index (Phi) is 5.87. The van der Waals surface area contributed by atoms with E-state index in [1.54, 1.807) is 11.8 Å². The highest BCUT2D eigenvalue weighted by atomic mass is 32.2. The first kappa shape index (κ1) is 14.7. The van der Waals surface area contributed by atoms with Crippen LogP contribution in [0.5, 0.6) is 0 Å². The van der Waals surface area contributed by atoms with Crippen LogP contribution in [0.25, 0.3) is 0 Å². The minimum atomic E-state index is -0.864. The number of aliphatic hydroxyl groups is 1. The van der Waals surface area contributed by atoms with Gasteiger partial charge in [-0.1, -0.05) is 6.07 Å². The van der Waals surface area contributed by atoms with Crippen molar-refractivity contribution in [3.63, 3.8) is 0 Å². The van der Waals surface area contributed by atoms with Crippen molar-refractivity contribution in [1.29, 1.82) is 0 Å². The molecular formula is C11H15FN2O3S. The lowest BCUT2D eigenvalue weighted by molar-refractivity contribution is -0.386. The average Bonchev–Trinajstić information content (AvgIpc) is 2.29. The Morgan fingerprint density at radius 2 is 2.33 bits per heavy atom. The van der Waals surface area contributed by atoms with Crippen LogP contribution in [0, 0.1) is 15.9 Å². The molecule has 0 spiro atoms. The SMILES string of the molecule is CSCC(CCO)Nc1cccc(F)c1[N+](=O)[O-]. The number of benzene rings is 1. The molecule has 1 aromatic carbocycles. The van der Waals surface area contributed by atoms with Crippen LogP contribution < -0.4 is 5.32 Å². The second-order valence-corrected chi connectivity index (χ2v) is 4.61. The molecular weight excluding hydrogens is 259 g/mol. The maximum atomic E-state index is 13.4. The molecule has 0 aliphatic heterocycles. The number of thioether (sulfide) groups is 1. The van der Waals surface area contributed by atoms with Gasteiger partial charge in [-0.2, -0.15) is 16.2 Å². The summed E-state index contributed by atoms with van der Waals surface area (Å²) in [6, 6.07) is 3.80. The average molecular weight is 274 g/mol. The Morgan fingerprint density at radius 1 is 1.61 bits per heavy atom. The summed E-state index contributed by atoms with van der Waals surface area (Å²) in [5.74, 6) is -0.189. The summed E-state index contributed by atoms with van der Waals surface area (Å²) in [5.41, 5.74) is -0.408. The third-order valence-corrected chi connectivity index (χ3v) is 3.11. The summed E-state index contributed by atoms with van der Waals surface area (Å²) < 4.78 is 13.4. The quantitative estimate of drug-likeness (QED) is 0.589. The van der Waals surface area contributed by atoms with Crippen LogP contribution >= 0.6 is 11.8 Å². The van der Waals surface area contributed by atoms with Crippen LogP contribution in [-0.4, -0.2) is 34.7 Å². The third kappa shape index (κ3) is 3.85. The summed E-state index contributed by atoms with van der Waals surface area (Å²) in [5, 5.41) is 22.6. The zero-order chi connectivity index (χ0) is 13.5. The van der Waals surface area contributed by atoms with Gasteiger partial charge in [0.25, 0.3) is 0 Å². The van der Waals surface area contributed by atoms with Crippen LogP contribution in [-0.2, 0) is 0 Å². The number of nitro groups is 1. The topological polar surface area (TPSA) is 75.4 Å². The zero-order valence-corrected chi connectivity index (χ0v) is 10.7. The molecule has 7 heteroatoms. The molecule has 0 saturated heterocycles. The highest BCUT2D eigenvalue weighted by molar-refractivity contribution is 7.98. The lowest BCUT2D eigenvalue weighted by Gasteiger charge is -2.17. The molecule has 0 aliphatic rings. The molecule has 100 valence electrons. The van der Waals surface area contributed by atoms with E-state index in [4.69, 9.17) is 5.11 Å². The normalized spacial score (nSPS) is 12.2. The predicted octanol–water partition coefficient (Wildman–Crippen LogP) is 2.26. The monoisotopic (exact) mass is 274 g/mol. The maximum Gasteiger partial charge on any atom is 0.327 e. The van der Waals surface area contributed by atoms with Gasteiger partial charge in [0, 0.05) is 18.4 Å². The first-order valence-electron chi connectivity index (χ1n) is 5.39. The van der Waals surface area contributed by atoms with Gasteiger partial charge in [0.05, 0.1) is 4.92 Å². The largest absolute Gasteiger partial charge is 0.396 e. The Balaban J connectivity index is 2.94. The van der Waals surface area contributed by atoms with E-state index < -0.39 is 16.4 Å². The molecule has 0 saturated carbocycles. The van der Waals surface area contributed by atoms with E-state index in [2.05, 4.69) is 5.32 Å². The van der Waals surface area contributed by atoms with Gasteiger partial charge >= 0.3 is 5.69 Å². The third-order valence-electron chi connectivity index (χ3n) is 2.37. The van der Waals surface area contributed by atoms with Gasteiger partial charge < -0.3 is 10.4 Å². The molecule has 1 rings (SSSR count). The van der Waals surface area contributed by atoms with Gasteiger partial charge in [-0.05, 0) is 24.8 Å². The smallest absolute Gasteiger partial charge is 0.327 e. The number of rotatable bonds is 7. The fourth-order valence-electron chi connectivity index (χ4n) is 1.59. The van der Waals surface area contributed by atoms with Gasteiger partial charge in [0.2, 0.25) is 5.82 Å². The Morgan fingerprint density at radius 3 is 2.89 bits per heavy atom. The summed E-state index contributed by atoms with van der Waals surface area (Å²) >= 11 is 1.55. The molecule has 5 nitrogen and oxygen atoms in total. The van der Waals surface area contributed by atoms with Crippen molar-refractivity contribution in [2.24, 2.45) is 0 Å². The van der Waals surface area contributed by atoms with E-state index in [1.807, 2.05) is 6.26 Å². The fraction of sp³-hybridized carbons (Fsp3) is 0.455. The second kappa shape index (κ2) is 7.17. The number of para-hydroxylation sites is 1. The number of hydrogen-bond acceptors (Lipinski definition) is 5. The molecule has 0 fully saturated rings. The molecule has 2 N–H and O–H groups in total. The molecule has 0 bridgehead atoms. The lowest BCUT2D eigenvalue weighted by Crippen LogP contribution is -2.24. The predicted molar refractivity (Wildman–Crippen MR) is 70.5 cm³/mol. The van der Waals surface area contributed by atoms with E-state index in [0.717, 1.165) is 6.07 Å². The number of nitrogens with zero attached hydrogens (tertiary/aromatic N) is 1. The number of nitro benzene ring substituents is 1. The number of anilines is 1. The first-order valence-corrected chi connectivity index (χ1v) is 6.78. The van der Waals surface area contributed by atoms with Crippen LogP contribution in [0.1, 0.15) is 6.42 Å². The molecule has 0 radical (unpaired) electrons. The van der Waals surface area contributed by atoms with Crippen molar-refractivity contribution in [1.82, 2.24) is 0 Å². The molecule has 1 unspecified atom stereocenters. The van der Waals surface area contributed by atoms with Crippen molar-refractivity contribution < 1.29 is 14.4 Å². The van der Waals surface area contributed by atoms with Crippen LogP contribution in [0.15, 0.2) is 18.2 Å². The maximum absolute atomic E-state index is 13.4. The number of aliphatic hydroxyl groups excluding tert-OH is 1. The van der Waals surface area contributed by atoms with Gasteiger partial charge in [0.1, 0.15) is 5.69 Å². The van der Waals surface area contributed by atoms with E-state index in [0.29, 0.717) is 12.2 Å². The van der Waals surface area contributed by atoms with Gasteiger partial charge in [0.15, 0.2) is 0 Å². The number of nitrogens with one attached hydrogen (secondary N) is 1. The molecule has 1 aromatic rings. The highest BCUT2D eigenvalue weighted by Gasteiger charge is 2.21. The minimum Gasteiger partial charge on any atom is -0.396 e. The summed E-state index contributed by atoms with van der Waals surface area (Å²) in [6.45, 7) is -0.0264. The van der Waals surface area contributed by atoms with E-state index in [1.165, 1.54) is 12.1 Å². The van der Waals surface area contributed by atoms with Crippen molar-refractivity contribution in [2.45, 2.75) is 12.5 Å². The minimum absolute atomic E-state index is 0.0264. The Bertz CT molecular complexity index is 411. The standard InChI is InChI=1S/C11H15FN2O3S/c1-18-7-8(5-6-15)13-10-4-2-3-9(12)11(10)14(16)17/h2-4,8,13,15H,5-7H2,1H3. The summed E-state index contributed by atoms with van der Waals surface area (Å²) in [4.78, 5) is 10.1. The van der Waals surface area contributed by atoms with Crippen molar-refractivity contribution in [3.05, 3.63) is 34.1 Å². The molecule has 1 atom stereocenters. The Labute approximate surface area is 109 Å². The lowest BCUT2D eigenvalue weighted by atomic mass is 10.2. The van der Waals surface area contributed by atoms with Gasteiger partial charge in [-0.3, -0.25) is 10.1 Å². The molecule has 18 heavy (non-hydrogen) atoms. The Hall–Kier alpha value is -1.34. The van der Waals surface area contributed by atoms with E-state index in [9.17, 15) is 14.5 Å². The zero-order valence-electron chi connectivity index (χ0n) is 9.93. The van der Waals surface area contributed by atoms with Crippen LogP contribution in [0.3, 0.4) is 0 Å². The van der Waals surface area contributed by atoms with Gasteiger partial charge in [-0.15, -0.1) is 0 Å². The first-order chi connectivity index (χ1) is 8.60. The molecule has 0 heterocycles. The van der Waals surface area contributed by atoms with Crippen molar-refractivity contribution >= 4 is 23.1 Å². The second-order valence-electron chi connectivity index (χ2n) is 3.70. The van der Waals surface area contributed by atoms with E-state index in [-0.39, 0.29) is 18.3 Å².